The fourth-order valence-electron chi connectivity index (χ4n) is 2.92. The van der Waals surface area contributed by atoms with Gasteiger partial charge in [0.05, 0.1) is 30.6 Å². The number of nitrogens with one attached hydrogen (secondary N) is 1. The molecule has 0 aliphatic carbocycles. The number of imidazole rings is 1. The van der Waals surface area contributed by atoms with E-state index in [-0.39, 0.29) is 18.6 Å². The fraction of sp³-hybridized carbons (Fsp3) is 0.217. The van der Waals surface area contributed by atoms with Gasteiger partial charge in [-0.25, -0.2) is 9.78 Å². The van der Waals surface area contributed by atoms with E-state index in [4.69, 9.17) is 10.00 Å². The lowest BCUT2D eigenvalue weighted by molar-refractivity contribution is -0.150. The summed E-state index contributed by atoms with van der Waals surface area (Å²) >= 11 is 0. The Morgan fingerprint density at radius 2 is 1.93 bits per heavy atom. The van der Waals surface area contributed by atoms with E-state index in [2.05, 4.69) is 16.4 Å². The van der Waals surface area contributed by atoms with Gasteiger partial charge in [0.15, 0.2) is 0 Å². The van der Waals surface area contributed by atoms with Crippen LogP contribution in [0.25, 0.3) is 11.1 Å². The molecule has 0 unspecified atom stereocenters. The Kier molecular flexibility index (Phi) is 6.60. The molecular formula is C23H22N4O3. The molecule has 0 saturated heterocycles. The Morgan fingerprint density at radius 3 is 2.57 bits per heavy atom. The molecule has 1 amide bonds. The number of ether oxygens (including phenoxy) is 1. The maximum absolute atomic E-state index is 12.7. The van der Waals surface area contributed by atoms with Crippen molar-refractivity contribution >= 4 is 11.9 Å². The van der Waals surface area contributed by atoms with E-state index in [1.165, 1.54) is 0 Å². The highest BCUT2D eigenvalue weighted by Crippen LogP contribution is 2.21. The summed E-state index contributed by atoms with van der Waals surface area (Å²) in [5, 5.41) is 11.8. The summed E-state index contributed by atoms with van der Waals surface area (Å²) < 4.78 is 6.99. The zero-order valence-corrected chi connectivity index (χ0v) is 16.8. The monoisotopic (exact) mass is 402 g/mol. The molecule has 1 heterocycles. The fourth-order valence-corrected chi connectivity index (χ4v) is 2.92. The van der Waals surface area contributed by atoms with Gasteiger partial charge in [0.1, 0.15) is 6.04 Å². The van der Waals surface area contributed by atoms with Gasteiger partial charge in [-0.1, -0.05) is 24.3 Å². The van der Waals surface area contributed by atoms with Crippen LogP contribution in [0.15, 0.2) is 67.3 Å². The van der Waals surface area contributed by atoms with Gasteiger partial charge in [0.2, 0.25) is 0 Å². The molecule has 0 radical (unpaired) electrons. The van der Waals surface area contributed by atoms with Crippen LogP contribution in [0.3, 0.4) is 0 Å². The van der Waals surface area contributed by atoms with Crippen LogP contribution in [0.4, 0.5) is 0 Å². The first-order valence-electron chi connectivity index (χ1n) is 9.54. The van der Waals surface area contributed by atoms with Crippen LogP contribution in [0.5, 0.6) is 0 Å². The van der Waals surface area contributed by atoms with Gasteiger partial charge in [0.25, 0.3) is 5.91 Å². The summed E-state index contributed by atoms with van der Waals surface area (Å²) in [6, 6.07) is 15.5. The Balaban J connectivity index is 1.74. The summed E-state index contributed by atoms with van der Waals surface area (Å²) in [5.41, 5.74) is 2.76. The van der Waals surface area contributed by atoms with E-state index < -0.39 is 12.0 Å². The highest BCUT2D eigenvalue weighted by Gasteiger charge is 2.24. The molecule has 7 nitrogen and oxygen atoms in total. The zero-order valence-electron chi connectivity index (χ0n) is 16.8. The maximum Gasteiger partial charge on any atom is 0.330 e. The summed E-state index contributed by atoms with van der Waals surface area (Å²) in [6.45, 7) is 3.73. The van der Waals surface area contributed by atoms with Crippen LogP contribution >= 0.6 is 0 Å². The highest BCUT2D eigenvalue weighted by atomic mass is 16.5. The first kappa shape index (κ1) is 20.8. The third-order valence-corrected chi connectivity index (χ3v) is 4.37. The molecule has 0 aliphatic heterocycles. The summed E-state index contributed by atoms with van der Waals surface area (Å²) in [7, 11) is 0. The van der Waals surface area contributed by atoms with E-state index >= 15 is 0 Å². The molecule has 0 aliphatic rings. The molecule has 2 aromatic carbocycles. The van der Waals surface area contributed by atoms with Gasteiger partial charge in [-0.2, -0.15) is 5.26 Å². The average molecular weight is 402 g/mol. The predicted octanol–water partition coefficient (Wildman–Crippen LogP) is 3.17. The lowest BCUT2D eigenvalue weighted by atomic mass is 10.0. The molecule has 152 valence electrons. The number of hydrogen-bond donors (Lipinski definition) is 1. The van der Waals surface area contributed by atoms with Crippen LogP contribution in [0.1, 0.15) is 29.8 Å². The van der Waals surface area contributed by atoms with Crippen molar-refractivity contribution in [1.29, 1.82) is 5.26 Å². The van der Waals surface area contributed by atoms with Crippen LogP contribution < -0.4 is 5.32 Å². The minimum Gasteiger partial charge on any atom is -0.461 e. The zero-order chi connectivity index (χ0) is 21.5. The van der Waals surface area contributed by atoms with Crippen molar-refractivity contribution in [3.8, 4) is 17.2 Å². The molecule has 0 saturated carbocycles. The van der Waals surface area contributed by atoms with Crippen molar-refractivity contribution in [3.63, 3.8) is 0 Å². The van der Waals surface area contributed by atoms with Crippen LogP contribution in [0, 0.1) is 11.3 Å². The van der Waals surface area contributed by atoms with Gasteiger partial charge < -0.3 is 14.6 Å². The smallest absolute Gasteiger partial charge is 0.330 e. The second kappa shape index (κ2) is 9.52. The highest BCUT2D eigenvalue weighted by molar-refractivity contribution is 5.97. The van der Waals surface area contributed by atoms with Crippen molar-refractivity contribution < 1.29 is 14.3 Å². The summed E-state index contributed by atoms with van der Waals surface area (Å²) in [5.74, 6) is -0.880. The van der Waals surface area contributed by atoms with E-state index in [0.29, 0.717) is 11.1 Å². The molecule has 3 aromatic rings. The van der Waals surface area contributed by atoms with Crippen LogP contribution in [0.2, 0.25) is 0 Å². The maximum atomic E-state index is 12.7. The number of nitriles is 1. The number of carbonyl (C=O) groups is 2. The normalized spacial score (nSPS) is 11.5. The molecule has 0 bridgehead atoms. The Morgan fingerprint density at radius 1 is 1.17 bits per heavy atom. The van der Waals surface area contributed by atoms with Gasteiger partial charge in [-0.15, -0.1) is 0 Å². The number of nitrogens with zero attached hydrogens (tertiary/aromatic N) is 3. The number of aromatic nitrogens is 2. The van der Waals surface area contributed by atoms with E-state index in [1.54, 1.807) is 61.4 Å². The molecule has 0 spiro atoms. The largest absolute Gasteiger partial charge is 0.461 e. The molecule has 1 atom stereocenters. The third-order valence-electron chi connectivity index (χ3n) is 4.37. The predicted molar refractivity (Wildman–Crippen MR) is 111 cm³/mol. The lowest BCUT2D eigenvalue weighted by Crippen LogP contribution is -2.45. The van der Waals surface area contributed by atoms with Gasteiger partial charge in [-0.3, -0.25) is 4.79 Å². The first-order chi connectivity index (χ1) is 14.5. The quantitative estimate of drug-likeness (QED) is 0.612. The Bertz CT molecular complexity index is 1050. The number of esters is 1. The molecule has 7 heteroatoms. The molecule has 1 N–H and O–H groups in total. The van der Waals surface area contributed by atoms with Crippen molar-refractivity contribution in [2.45, 2.75) is 32.5 Å². The molecule has 0 fully saturated rings. The van der Waals surface area contributed by atoms with E-state index in [9.17, 15) is 9.59 Å². The molecular weight excluding hydrogens is 380 g/mol. The standard InChI is InChI=1S/C23H22N4O3/c1-16(2)30-23(29)21(14-27-11-10-25-15-27)26-22(28)19-8-6-18(7-9-19)20-5-3-4-17(12-20)13-24/h3-12,15-16,21H,14H2,1-2H3,(H,26,28)/t21-/m0/s1. The van der Waals surface area contributed by atoms with E-state index in [0.717, 1.165) is 11.1 Å². The summed E-state index contributed by atoms with van der Waals surface area (Å²) in [6.07, 6.45) is 4.60. The molecule has 30 heavy (non-hydrogen) atoms. The Hall–Kier alpha value is -3.92. The molecule has 3 rings (SSSR count). The lowest BCUT2D eigenvalue weighted by Gasteiger charge is -2.19. The minimum atomic E-state index is -0.846. The van der Waals surface area contributed by atoms with Crippen molar-refractivity contribution in [2.24, 2.45) is 0 Å². The van der Waals surface area contributed by atoms with Crippen LogP contribution in [-0.2, 0) is 16.1 Å². The van der Waals surface area contributed by atoms with Gasteiger partial charge >= 0.3 is 5.97 Å². The number of benzene rings is 2. The van der Waals surface area contributed by atoms with Crippen molar-refractivity contribution in [1.82, 2.24) is 14.9 Å². The third kappa shape index (κ3) is 5.32. The number of hydrogen-bond acceptors (Lipinski definition) is 5. The second-order valence-electron chi connectivity index (χ2n) is 7.04. The Labute approximate surface area is 174 Å². The first-order valence-corrected chi connectivity index (χ1v) is 9.54. The van der Waals surface area contributed by atoms with Gasteiger partial charge in [-0.05, 0) is 49.2 Å². The van der Waals surface area contributed by atoms with Crippen LogP contribution in [-0.4, -0.2) is 33.6 Å². The number of rotatable bonds is 7. The van der Waals surface area contributed by atoms with Crippen molar-refractivity contribution in [3.05, 3.63) is 78.4 Å². The SMILES string of the molecule is CC(C)OC(=O)[C@H](Cn1ccnc1)NC(=O)c1ccc(-c2cccc(C#N)c2)cc1. The molecule has 1 aromatic heterocycles. The average Bonchev–Trinajstić information content (AvgIpc) is 3.26. The number of amides is 1. The topological polar surface area (TPSA) is 97.0 Å². The van der Waals surface area contributed by atoms with E-state index in [1.807, 2.05) is 24.3 Å². The van der Waals surface area contributed by atoms with Gasteiger partial charge in [0, 0.05) is 18.0 Å². The minimum absolute atomic E-state index is 0.219. The number of carbonyl (C=O) groups excluding carboxylic acids is 2. The van der Waals surface area contributed by atoms with Crippen molar-refractivity contribution in [2.75, 3.05) is 0 Å². The second-order valence-corrected chi connectivity index (χ2v) is 7.04. The summed E-state index contributed by atoms with van der Waals surface area (Å²) in [4.78, 5) is 29.1.